The Morgan fingerprint density at radius 3 is 1.64 bits per heavy atom. The fraction of sp³-hybridized carbons (Fsp3) is 0.357. The molecular weight excluding hydrogens is 622 g/mol. The summed E-state index contributed by atoms with van der Waals surface area (Å²) in [5, 5.41) is 11.5. The zero-order valence-corrected chi connectivity index (χ0v) is 24.4. The number of benzene rings is 2. The molecule has 4 N–H and O–H groups in total. The Labute approximate surface area is 252 Å². The molecule has 1 saturated heterocycles. The Balaban J connectivity index is 0.000000350. The predicted octanol–water partition coefficient (Wildman–Crippen LogP) is 3.17. The summed E-state index contributed by atoms with van der Waals surface area (Å²) in [6.07, 6.45) is -0.446. The molecular formula is C28H30F6N2O9. The standard InChI is InChI=1S/C12H12F3NO3.C9H12O6.C7H6F3N/c1-19-6-8(17)4-12(18)16-5-9-10(14)2-7(13)3-11(9)15;1-9(2)14-7(11)6(8(12)15-9)5(10)4-13-3;8-4-1-6(9)5(3-11)7(10)2-4/h2-3H,4-6H2,1H3,(H,16,18);10H,4H2,1-3H3;1-2H,3,11H2. The van der Waals surface area contributed by atoms with E-state index in [1.807, 2.05) is 0 Å². The molecule has 3 rings (SSSR count). The van der Waals surface area contributed by atoms with Crippen LogP contribution in [0.2, 0.25) is 0 Å². The molecule has 11 nitrogen and oxygen atoms in total. The first kappa shape index (κ1) is 38.5. The normalized spacial score (nSPS) is 13.4. The Morgan fingerprint density at radius 2 is 1.24 bits per heavy atom. The topological polar surface area (TPSA) is 163 Å². The molecule has 2 aromatic rings. The summed E-state index contributed by atoms with van der Waals surface area (Å²) in [5.41, 5.74) is 3.73. The molecule has 0 spiro atoms. The molecule has 248 valence electrons. The molecule has 0 unspecified atom stereocenters. The van der Waals surface area contributed by atoms with Gasteiger partial charge in [-0.2, -0.15) is 0 Å². The molecule has 0 bridgehead atoms. The van der Waals surface area contributed by atoms with Crippen molar-refractivity contribution in [1.29, 1.82) is 0 Å². The first-order chi connectivity index (χ1) is 21.0. The van der Waals surface area contributed by atoms with Crippen LogP contribution in [0.5, 0.6) is 0 Å². The number of hydrogen-bond donors (Lipinski definition) is 3. The van der Waals surface area contributed by atoms with E-state index in [0.29, 0.717) is 24.3 Å². The number of amides is 1. The number of esters is 2. The Hall–Kier alpha value is -4.48. The van der Waals surface area contributed by atoms with Gasteiger partial charge in [0.1, 0.15) is 53.9 Å². The quantitative estimate of drug-likeness (QED) is 0.0916. The molecule has 0 atom stereocenters. The number of hydrogen-bond acceptors (Lipinski definition) is 10. The molecule has 1 aliphatic heterocycles. The van der Waals surface area contributed by atoms with Gasteiger partial charge in [-0.3, -0.25) is 9.59 Å². The maximum Gasteiger partial charge on any atom is 0.352 e. The van der Waals surface area contributed by atoms with Gasteiger partial charge in [-0.25, -0.2) is 35.9 Å². The number of halogens is 6. The van der Waals surface area contributed by atoms with Crippen LogP contribution in [0.4, 0.5) is 26.3 Å². The van der Waals surface area contributed by atoms with E-state index in [0.717, 1.165) is 0 Å². The summed E-state index contributed by atoms with van der Waals surface area (Å²) in [6, 6.07) is 2.23. The van der Waals surface area contributed by atoms with Gasteiger partial charge in [0.2, 0.25) is 5.91 Å². The number of rotatable bonds is 9. The van der Waals surface area contributed by atoms with Crippen molar-refractivity contribution in [2.24, 2.45) is 5.73 Å². The van der Waals surface area contributed by atoms with Gasteiger partial charge in [0.15, 0.2) is 11.4 Å². The van der Waals surface area contributed by atoms with Gasteiger partial charge in [0.05, 0.1) is 6.42 Å². The SMILES string of the molecule is COCC(=O)CC(=O)NCc1c(F)cc(F)cc1F.COCC(O)=C1C(=O)OC(C)(C)OC1=O.NCc1c(F)cc(F)cc1F. The van der Waals surface area contributed by atoms with Crippen LogP contribution < -0.4 is 11.1 Å². The van der Waals surface area contributed by atoms with E-state index in [4.69, 9.17) is 15.2 Å². The molecule has 17 heteroatoms. The van der Waals surface area contributed by atoms with Crippen molar-refractivity contribution in [2.75, 3.05) is 27.4 Å². The third kappa shape index (κ3) is 12.6. The number of aliphatic hydroxyl groups is 1. The van der Waals surface area contributed by atoms with Crippen LogP contribution >= 0.6 is 0 Å². The number of carbonyl (C=O) groups is 4. The summed E-state index contributed by atoms with van der Waals surface area (Å²) < 4.78 is 95.1. The molecule has 1 heterocycles. The van der Waals surface area contributed by atoms with Crippen LogP contribution in [-0.2, 0) is 51.2 Å². The van der Waals surface area contributed by atoms with E-state index >= 15 is 0 Å². The molecule has 0 radical (unpaired) electrons. The van der Waals surface area contributed by atoms with E-state index in [1.54, 1.807) is 0 Å². The maximum absolute atomic E-state index is 13.2. The van der Waals surface area contributed by atoms with Gasteiger partial charge >= 0.3 is 11.9 Å². The molecule has 1 amide bonds. The van der Waals surface area contributed by atoms with E-state index in [-0.39, 0.29) is 25.3 Å². The third-order valence-electron chi connectivity index (χ3n) is 5.20. The Kier molecular flexibility index (Phi) is 15.2. The van der Waals surface area contributed by atoms with Gasteiger partial charge in [-0.1, -0.05) is 0 Å². The minimum atomic E-state index is -1.30. The predicted molar refractivity (Wildman–Crippen MR) is 142 cm³/mol. The highest BCUT2D eigenvalue weighted by atomic mass is 19.2. The number of nitrogens with two attached hydrogens (primary N) is 1. The second-order valence-electron chi connectivity index (χ2n) is 9.26. The average Bonchev–Trinajstić information content (AvgIpc) is 2.87. The molecule has 1 aliphatic rings. The van der Waals surface area contributed by atoms with Gasteiger partial charge in [0.25, 0.3) is 5.79 Å². The number of ether oxygens (including phenoxy) is 4. The largest absolute Gasteiger partial charge is 0.509 e. The first-order valence-corrected chi connectivity index (χ1v) is 12.6. The molecule has 0 aliphatic carbocycles. The second-order valence-corrected chi connectivity index (χ2v) is 9.26. The Morgan fingerprint density at radius 1 is 0.822 bits per heavy atom. The zero-order valence-electron chi connectivity index (χ0n) is 24.4. The van der Waals surface area contributed by atoms with E-state index in [1.165, 1.54) is 28.1 Å². The van der Waals surface area contributed by atoms with Gasteiger partial charge in [0, 0.05) is 76.5 Å². The maximum atomic E-state index is 13.2. The lowest BCUT2D eigenvalue weighted by atomic mass is 10.2. The summed E-state index contributed by atoms with van der Waals surface area (Å²) >= 11 is 0. The van der Waals surface area contributed by atoms with Crippen LogP contribution in [0.15, 0.2) is 35.6 Å². The van der Waals surface area contributed by atoms with Crippen molar-refractivity contribution < 1.29 is 69.6 Å². The third-order valence-corrected chi connectivity index (χ3v) is 5.20. The number of aliphatic hydroxyl groups excluding tert-OH is 1. The average molecular weight is 653 g/mol. The van der Waals surface area contributed by atoms with Crippen LogP contribution in [0, 0.1) is 34.9 Å². The molecule has 45 heavy (non-hydrogen) atoms. The van der Waals surface area contributed by atoms with Crippen LogP contribution in [0.3, 0.4) is 0 Å². The van der Waals surface area contributed by atoms with Gasteiger partial charge in [-0.05, 0) is 0 Å². The zero-order chi connectivity index (χ0) is 34.5. The van der Waals surface area contributed by atoms with Gasteiger partial charge in [-0.15, -0.1) is 0 Å². The van der Waals surface area contributed by atoms with Crippen molar-refractivity contribution in [3.05, 3.63) is 81.6 Å². The number of carbonyl (C=O) groups excluding carboxylic acids is 4. The number of Topliss-reactive ketones (excluding diaryl/α,β-unsaturated/α-hetero) is 1. The van der Waals surface area contributed by atoms with Crippen molar-refractivity contribution in [3.8, 4) is 0 Å². The van der Waals surface area contributed by atoms with Gasteiger partial charge < -0.3 is 35.1 Å². The number of nitrogens with one attached hydrogen (secondary N) is 1. The highest BCUT2D eigenvalue weighted by Gasteiger charge is 2.41. The van der Waals surface area contributed by atoms with Crippen LogP contribution in [0.1, 0.15) is 31.4 Å². The van der Waals surface area contributed by atoms with Crippen LogP contribution in [0.25, 0.3) is 0 Å². The summed E-state index contributed by atoms with van der Waals surface area (Å²) in [7, 11) is 2.62. The highest BCUT2D eigenvalue weighted by Crippen LogP contribution is 2.24. The fourth-order valence-electron chi connectivity index (χ4n) is 3.25. The monoisotopic (exact) mass is 652 g/mol. The molecule has 0 saturated carbocycles. The van der Waals surface area contributed by atoms with E-state index in [9.17, 15) is 50.6 Å². The van der Waals surface area contributed by atoms with Crippen molar-refractivity contribution in [1.82, 2.24) is 5.32 Å². The minimum Gasteiger partial charge on any atom is -0.509 e. The summed E-state index contributed by atoms with van der Waals surface area (Å²) in [5.74, 6) is -10.8. The number of methoxy groups -OCH3 is 2. The Bertz CT molecular complexity index is 1370. The molecule has 0 aromatic heterocycles. The summed E-state index contributed by atoms with van der Waals surface area (Å²) in [6.45, 7) is 1.65. The summed E-state index contributed by atoms with van der Waals surface area (Å²) in [4.78, 5) is 45.0. The second kappa shape index (κ2) is 17.7. The van der Waals surface area contributed by atoms with Crippen LogP contribution in [-0.4, -0.2) is 62.0 Å². The fourth-order valence-corrected chi connectivity index (χ4v) is 3.25. The lowest BCUT2D eigenvalue weighted by molar-refractivity contribution is -0.222. The van der Waals surface area contributed by atoms with Crippen molar-refractivity contribution in [2.45, 2.75) is 39.1 Å². The van der Waals surface area contributed by atoms with E-state index in [2.05, 4.69) is 14.8 Å². The molecule has 2 aromatic carbocycles. The number of cyclic esters (lactones) is 2. The van der Waals surface area contributed by atoms with Crippen molar-refractivity contribution >= 4 is 23.6 Å². The highest BCUT2D eigenvalue weighted by molar-refractivity contribution is 6.15. The van der Waals surface area contributed by atoms with Crippen molar-refractivity contribution in [3.63, 3.8) is 0 Å². The lowest BCUT2D eigenvalue weighted by Gasteiger charge is -2.29. The van der Waals surface area contributed by atoms with E-state index < -0.39 is 94.2 Å². The smallest absolute Gasteiger partial charge is 0.352 e. The molecule has 1 fully saturated rings. The minimum absolute atomic E-state index is 0.216. The number of ketones is 1. The lowest BCUT2D eigenvalue weighted by Crippen LogP contribution is -2.42. The first-order valence-electron chi connectivity index (χ1n) is 12.6.